The van der Waals surface area contributed by atoms with Gasteiger partial charge in [0.15, 0.2) is 0 Å². The number of benzene rings is 1. The lowest BCUT2D eigenvalue weighted by Gasteiger charge is -2.38. The number of fused-ring (bicyclic) bond motifs is 1. The van der Waals surface area contributed by atoms with Gasteiger partial charge in [0.2, 0.25) is 0 Å². The lowest BCUT2D eigenvalue weighted by atomic mass is 9.82. The van der Waals surface area contributed by atoms with Crippen LogP contribution >= 0.6 is 0 Å². The number of hydrogen-bond acceptors (Lipinski definition) is 2. The maximum absolute atomic E-state index is 11.4. The first-order valence-corrected chi connectivity index (χ1v) is 5.37. The van der Waals surface area contributed by atoms with E-state index in [1.807, 2.05) is 6.07 Å². The fraction of sp³-hybridized carbons (Fsp3) is 0.462. The topological polar surface area (TPSA) is 29.1 Å². The van der Waals surface area contributed by atoms with Crippen molar-refractivity contribution in [2.75, 3.05) is 0 Å². The zero-order valence-electron chi connectivity index (χ0n) is 9.50. The van der Waals surface area contributed by atoms with Crippen LogP contribution in [0.15, 0.2) is 24.3 Å². The lowest BCUT2D eigenvalue weighted by Crippen LogP contribution is -2.52. The van der Waals surface area contributed by atoms with Gasteiger partial charge in [-0.2, -0.15) is 0 Å². The minimum Gasteiger partial charge on any atom is -0.298 e. The average molecular weight is 203 g/mol. The van der Waals surface area contributed by atoms with Gasteiger partial charge in [-0.05, 0) is 38.3 Å². The van der Waals surface area contributed by atoms with Gasteiger partial charge in [0.25, 0.3) is 0 Å². The highest BCUT2D eigenvalue weighted by Gasteiger charge is 2.33. The van der Waals surface area contributed by atoms with Gasteiger partial charge >= 0.3 is 0 Å². The normalized spacial score (nSPS) is 23.3. The van der Waals surface area contributed by atoms with E-state index in [1.54, 1.807) is 6.92 Å². The molecular weight excluding hydrogens is 186 g/mol. The van der Waals surface area contributed by atoms with Crippen molar-refractivity contribution in [3.63, 3.8) is 0 Å². The quantitative estimate of drug-likeness (QED) is 0.756. The van der Waals surface area contributed by atoms with Gasteiger partial charge < -0.3 is 0 Å². The fourth-order valence-corrected chi connectivity index (χ4v) is 2.34. The highest BCUT2D eigenvalue weighted by atomic mass is 16.1. The Morgan fingerprint density at radius 2 is 2.07 bits per heavy atom. The van der Waals surface area contributed by atoms with Crippen LogP contribution in [0.1, 0.15) is 31.9 Å². The molecule has 0 radical (unpaired) electrons. The Balaban J connectivity index is 2.43. The van der Waals surface area contributed by atoms with Gasteiger partial charge in [-0.1, -0.05) is 24.3 Å². The van der Waals surface area contributed by atoms with Crippen LogP contribution in [0.25, 0.3) is 0 Å². The van der Waals surface area contributed by atoms with E-state index in [0.717, 1.165) is 6.42 Å². The van der Waals surface area contributed by atoms with E-state index in [1.165, 1.54) is 11.1 Å². The maximum Gasteiger partial charge on any atom is 0.147 e. The number of carbonyl (C=O) groups is 1. The molecule has 0 saturated heterocycles. The Morgan fingerprint density at radius 3 is 2.73 bits per heavy atom. The third kappa shape index (κ3) is 1.82. The van der Waals surface area contributed by atoms with Crippen LogP contribution in [0.4, 0.5) is 0 Å². The summed E-state index contributed by atoms with van der Waals surface area (Å²) in [6.45, 7) is 5.91. The van der Waals surface area contributed by atoms with Crippen molar-refractivity contribution in [3.8, 4) is 0 Å². The third-order valence-electron chi connectivity index (χ3n) is 3.14. The van der Waals surface area contributed by atoms with Crippen molar-refractivity contribution in [2.24, 2.45) is 0 Å². The molecule has 0 spiro atoms. The van der Waals surface area contributed by atoms with E-state index in [2.05, 4.69) is 37.4 Å². The summed E-state index contributed by atoms with van der Waals surface area (Å²) in [7, 11) is 0. The minimum absolute atomic E-state index is 0.0325. The van der Waals surface area contributed by atoms with Crippen LogP contribution in [0, 0.1) is 0 Å². The molecule has 1 aromatic carbocycles. The largest absolute Gasteiger partial charge is 0.298 e. The molecule has 1 N–H and O–H groups in total. The highest BCUT2D eigenvalue weighted by molar-refractivity contribution is 5.82. The molecule has 0 aromatic heterocycles. The van der Waals surface area contributed by atoms with Crippen LogP contribution in [0.5, 0.6) is 0 Å². The number of ketones is 1. The number of Topliss-reactive ketones (excluding diaryl/α,β-unsaturated/α-hetero) is 1. The van der Waals surface area contributed by atoms with Gasteiger partial charge in [-0.25, -0.2) is 0 Å². The summed E-state index contributed by atoms with van der Waals surface area (Å²) in [5.74, 6) is 0.220. The fourth-order valence-electron chi connectivity index (χ4n) is 2.34. The first kappa shape index (κ1) is 10.4. The molecule has 0 bridgehead atoms. The summed E-state index contributed by atoms with van der Waals surface area (Å²) in [6.07, 6.45) is 0.814. The molecule has 2 nitrogen and oxygen atoms in total. The molecule has 0 fully saturated rings. The molecule has 0 aliphatic carbocycles. The van der Waals surface area contributed by atoms with Gasteiger partial charge in [-0.3, -0.25) is 10.1 Å². The highest BCUT2D eigenvalue weighted by Crippen LogP contribution is 2.29. The Morgan fingerprint density at radius 1 is 1.40 bits per heavy atom. The predicted molar refractivity (Wildman–Crippen MR) is 60.8 cm³/mol. The van der Waals surface area contributed by atoms with Crippen LogP contribution in [-0.2, 0) is 16.8 Å². The lowest BCUT2D eigenvalue weighted by molar-refractivity contribution is -0.119. The van der Waals surface area contributed by atoms with Crippen LogP contribution < -0.4 is 5.32 Å². The summed E-state index contributed by atoms with van der Waals surface area (Å²) in [6, 6.07) is 8.32. The zero-order chi connectivity index (χ0) is 11.1. The Bertz CT molecular complexity index is 395. The monoisotopic (exact) mass is 203 g/mol. The second kappa shape index (κ2) is 3.46. The van der Waals surface area contributed by atoms with E-state index in [9.17, 15) is 4.79 Å². The molecule has 0 amide bonds. The summed E-state index contributed by atoms with van der Waals surface area (Å²) < 4.78 is 0. The summed E-state index contributed by atoms with van der Waals surface area (Å²) in [5.41, 5.74) is 2.49. The smallest absolute Gasteiger partial charge is 0.147 e. The average Bonchev–Trinajstić information content (AvgIpc) is 2.16. The second-order valence-corrected chi connectivity index (χ2v) is 4.79. The molecule has 0 saturated carbocycles. The Labute approximate surface area is 90.7 Å². The van der Waals surface area contributed by atoms with Crippen molar-refractivity contribution >= 4 is 5.78 Å². The van der Waals surface area contributed by atoms with Gasteiger partial charge in [0.05, 0.1) is 6.04 Å². The number of hydrogen-bond donors (Lipinski definition) is 1. The van der Waals surface area contributed by atoms with Crippen molar-refractivity contribution in [1.82, 2.24) is 5.32 Å². The Kier molecular flexibility index (Phi) is 2.39. The second-order valence-electron chi connectivity index (χ2n) is 4.79. The van der Waals surface area contributed by atoms with Gasteiger partial charge in [0, 0.05) is 5.54 Å². The van der Waals surface area contributed by atoms with Crippen molar-refractivity contribution in [3.05, 3.63) is 35.4 Å². The van der Waals surface area contributed by atoms with Crippen LogP contribution in [-0.4, -0.2) is 11.8 Å². The van der Waals surface area contributed by atoms with E-state index >= 15 is 0 Å². The van der Waals surface area contributed by atoms with Gasteiger partial charge in [-0.15, -0.1) is 0 Å². The van der Waals surface area contributed by atoms with E-state index in [-0.39, 0.29) is 17.4 Å². The molecule has 1 aliphatic heterocycles. The summed E-state index contributed by atoms with van der Waals surface area (Å²) in [5, 5.41) is 3.40. The number of rotatable bonds is 1. The molecule has 2 heteroatoms. The van der Waals surface area contributed by atoms with Crippen LogP contribution in [0.2, 0.25) is 0 Å². The molecule has 1 heterocycles. The first-order chi connectivity index (χ1) is 7.00. The standard InChI is InChI=1S/C13H17NO/c1-9(15)12-8-10-6-4-5-7-11(10)13(2,3)14-12/h4-7,12,14H,8H2,1-3H3/t12-/m1/s1. The first-order valence-electron chi connectivity index (χ1n) is 5.37. The molecule has 15 heavy (non-hydrogen) atoms. The number of carbonyl (C=O) groups excluding carboxylic acids is 1. The Hall–Kier alpha value is -1.15. The zero-order valence-corrected chi connectivity index (χ0v) is 9.50. The van der Waals surface area contributed by atoms with E-state index in [0.29, 0.717) is 0 Å². The molecule has 0 unspecified atom stereocenters. The summed E-state index contributed by atoms with van der Waals surface area (Å²) in [4.78, 5) is 11.4. The molecule has 1 aromatic rings. The van der Waals surface area contributed by atoms with E-state index < -0.39 is 0 Å². The summed E-state index contributed by atoms with van der Waals surface area (Å²) >= 11 is 0. The molecule has 2 rings (SSSR count). The molecule has 80 valence electrons. The number of nitrogens with one attached hydrogen (secondary N) is 1. The SMILES string of the molecule is CC(=O)[C@H]1Cc2ccccc2C(C)(C)N1. The third-order valence-corrected chi connectivity index (χ3v) is 3.14. The minimum atomic E-state index is -0.106. The molecule has 1 aliphatic rings. The van der Waals surface area contributed by atoms with Crippen molar-refractivity contribution in [2.45, 2.75) is 38.8 Å². The van der Waals surface area contributed by atoms with Gasteiger partial charge in [0.1, 0.15) is 5.78 Å². The van der Waals surface area contributed by atoms with Crippen molar-refractivity contribution < 1.29 is 4.79 Å². The van der Waals surface area contributed by atoms with E-state index in [4.69, 9.17) is 0 Å². The molecule has 1 atom stereocenters. The molecular formula is C13H17NO. The van der Waals surface area contributed by atoms with Crippen molar-refractivity contribution in [1.29, 1.82) is 0 Å². The predicted octanol–water partition coefficient (Wildman–Crippen LogP) is 2.02. The van der Waals surface area contributed by atoms with Crippen LogP contribution in [0.3, 0.4) is 0 Å². The maximum atomic E-state index is 11.4.